The monoisotopic (exact) mass is 292 g/mol. The molecule has 0 amide bonds. The van der Waals surface area contributed by atoms with E-state index in [2.05, 4.69) is 47.6 Å². The second kappa shape index (κ2) is 8.35. The van der Waals surface area contributed by atoms with Gasteiger partial charge in [-0.3, -0.25) is 0 Å². The Balaban J connectivity index is 1.70. The number of hydrogen-bond acceptors (Lipinski definition) is 3. The number of aromatic nitrogens is 1. The van der Waals surface area contributed by atoms with Gasteiger partial charge in [-0.1, -0.05) is 25.1 Å². The molecule has 0 saturated heterocycles. The van der Waals surface area contributed by atoms with Gasteiger partial charge in [-0.05, 0) is 32.0 Å². The lowest BCUT2D eigenvalue weighted by Crippen LogP contribution is -2.24. The molecule has 0 bridgehead atoms. The lowest BCUT2D eigenvalue weighted by Gasteiger charge is -2.11. The lowest BCUT2D eigenvalue weighted by atomic mass is 10.3. The first-order valence-corrected chi connectivity index (χ1v) is 8.20. The van der Waals surface area contributed by atoms with Gasteiger partial charge in [0.05, 0.1) is 5.03 Å². The van der Waals surface area contributed by atoms with E-state index < -0.39 is 0 Å². The predicted octanol–water partition coefficient (Wildman–Crippen LogP) is 3.66. The van der Waals surface area contributed by atoms with Crippen LogP contribution >= 0.6 is 11.8 Å². The van der Waals surface area contributed by atoms with Crippen LogP contribution < -0.4 is 5.32 Å². The molecule has 1 unspecified atom stereocenters. The van der Waals surface area contributed by atoms with E-state index in [9.17, 15) is 0 Å². The second-order valence-electron chi connectivity index (χ2n) is 4.90. The Kier molecular flexibility index (Phi) is 6.43. The topological polar surface area (TPSA) is 37.0 Å². The van der Waals surface area contributed by atoms with Crippen molar-refractivity contribution in [3.05, 3.63) is 30.3 Å². The molecule has 1 aromatic carbocycles. The summed E-state index contributed by atoms with van der Waals surface area (Å²) in [4.78, 5) is 3.46. The number of rotatable bonds is 9. The van der Waals surface area contributed by atoms with E-state index in [0.29, 0.717) is 5.25 Å². The Morgan fingerprint density at radius 1 is 1.35 bits per heavy atom. The highest BCUT2D eigenvalue weighted by Crippen LogP contribution is 2.26. The summed E-state index contributed by atoms with van der Waals surface area (Å²) < 4.78 is 5.32. The smallest absolute Gasteiger partial charge is 0.0735 e. The van der Waals surface area contributed by atoms with Crippen LogP contribution in [0.15, 0.2) is 35.4 Å². The minimum atomic E-state index is 0.551. The summed E-state index contributed by atoms with van der Waals surface area (Å²) in [5, 5.41) is 6.56. The standard InChI is InChI=1S/C16H24N2OS/c1-3-19-10-6-9-17-12-13(2)20-16-11-14-7-4-5-8-15(14)18-16/h4-5,7-8,11,13,17-18H,3,6,9-10,12H2,1-2H3. The van der Waals surface area contributed by atoms with E-state index in [4.69, 9.17) is 4.74 Å². The van der Waals surface area contributed by atoms with Crippen molar-refractivity contribution < 1.29 is 4.74 Å². The van der Waals surface area contributed by atoms with Crippen molar-refractivity contribution in [2.75, 3.05) is 26.3 Å². The molecular formula is C16H24N2OS. The zero-order chi connectivity index (χ0) is 14.2. The second-order valence-corrected chi connectivity index (χ2v) is 6.38. The first-order chi connectivity index (χ1) is 9.79. The average molecular weight is 292 g/mol. The van der Waals surface area contributed by atoms with Crippen molar-refractivity contribution in [2.24, 2.45) is 0 Å². The number of ether oxygens (including phenoxy) is 1. The zero-order valence-corrected chi connectivity index (χ0v) is 13.1. The third-order valence-electron chi connectivity index (χ3n) is 3.11. The largest absolute Gasteiger partial charge is 0.382 e. The van der Waals surface area contributed by atoms with Gasteiger partial charge < -0.3 is 15.0 Å². The van der Waals surface area contributed by atoms with Crippen molar-refractivity contribution in [3.8, 4) is 0 Å². The van der Waals surface area contributed by atoms with Crippen LogP contribution in [-0.4, -0.2) is 36.5 Å². The Labute approximate surface area is 125 Å². The summed E-state index contributed by atoms with van der Waals surface area (Å²) in [6.45, 7) is 8.00. The van der Waals surface area contributed by atoms with Gasteiger partial charge in [-0.15, -0.1) is 11.8 Å². The van der Waals surface area contributed by atoms with Gasteiger partial charge in [0.15, 0.2) is 0 Å². The average Bonchev–Trinajstić information content (AvgIpc) is 2.84. The molecule has 3 nitrogen and oxygen atoms in total. The summed E-state index contributed by atoms with van der Waals surface area (Å²) >= 11 is 1.89. The fourth-order valence-corrected chi connectivity index (χ4v) is 3.12. The number of thioether (sulfide) groups is 1. The molecule has 1 aromatic heterocycles. The Bertz CT molecular complexity index is 479. The normalized spacial score (nSPS) is 12.9. The van der Waals surface area contributed by atoms with Crippen LogP contribution in [0.2, 0.25) is 0 Å². The Morgan fingerprint density at radius 3 is 3.00 bits per heavy atom. The SMILES string of the molecule is CCOCCCNCC(C)Sc1cc2ccccc2[nH]1. The summed E-state index contributed by atoms with van der Waals surface area (Å²) in [6.07, 6.45) is 1.08. The lowest BCUT2D eigenvalue weighted by molar-refractivity contribution is 0.145. The molecule has 0 spiro atoms. The van der Waals surface area contributed by atoms with Crippen LogP contribution in [-0.2, 0) is 4.74 Å². The first kappa shape index (κ1) is 15.4. The van der Waals surface area contributed by atoms with Gasteiger partial charge >= 0.3 is 0 Å². The molecule has 4 heteroatoms. The van der Waals surface area contributed by atoms with Crippen molar-refractivity contribution in [2.45, 2.75) is 30.5 Å². The number of fused-ring (bicyclic) bond motifs is 1. The summed E-state index contributed by atoms with van der Waals surface area (Å²) in [5.41, 5.74) is 1.21. The number of nitrogens with one attached hydrogen (secondary N) is 2. The zero-order valence-electron chi connectivity index (χ0n) is 12.3. The highest BCUT2D eigenvalue weighted by Gasteiger charge is 2.06. The van der Waals surface area contributed by atoms with Crippen LogP contribution in [0, 0.1) is 0 Å². The van der Waals surface area contributed by atoms with Crippen molar-refractivity contribution in [1.82, 2.24) is 10.3 Å². The number of hydrogen-bond donors (Lipinski definition) is 2. The summed E-state index contributed by atoms with van der Waals surface area (Å²) in [6, 6.07) is 10.6. The Morgan fingerprint density at radius 2 is 2.20 bits per heavy atom. The first-order valence-electron chi connectivity index (χ1n) is 7.32. The van der Waals surface area contributed by atoms with E-state index in [1.807, 2.05) is 18.7 Å². The molecule has 1 heterocycles. The number of benzene rings is 1. The van der Waals surface area contributed by atoms with Gasteiger partial charge in [0.2, 0.25) is 0 Å². The summed E-state index contributed by atoms with van der Waals surface area (Å²) in [7, 11) is 0. The van der Waals surface area contributed by atoms with Crippen molar-refractivity contribution >= 4 is 22.7 Å². The molecule has 0 fully saturated rings. The van der Waals surface area contributed by atoms with Crippen LogP contribution in [0.25, 0.3) is 10.9 Å². The van der Waals surface area contributed by atoms with Gasteiger partial charge in [0, 0.05) is 35.9 Å². The third kappa shape index (κ3) is 4.85. The predicted molar refractivity (Wildman–Crippen MR) is 87.6 cm³/mol. The highest BCUT2D eigenvalue weighted by molar-refractivity contribution is 7.99. The molecule has 0 radical (unpaired) electrons. The van der Waals surface area contributed by atoms with Crippen molar-refractivity contribution in [1.29, 1.82) is 0 Å². The van der Waals surface area contributed by atoms with Gasteiger partial charge in [0.25, 0.3) is 0 Å². The molecular weight excluding hydrogens is 268 g/mol. The fourth-order valence-electron chi connectivity index (χ4n) is 2.12. The summed E-state index contributed by atoms with van der Waals surface area (Å²) in [5.74, 6) is 0. The quantitative estimate of drug-likeness (QED) is 0.547. The molecule has 0 saturated carbocycles. The van der Waals surface area contributed by atoms with Crippen LogP contribution in [0.4, 0.5) is 0 Å². The van der Waals surface area contributed by atoms with Crippen LogP contribution in [0.1, 0.15) is 20.3 Å². The maximum absolute atomic E-state index is 5.32. The maximum atomic E-state index is 5.32. The van der Waals surface area contributed by atoms with Gasteiger partial charge in [0.1, 0.15) is 0 Å². The van der Waals surface area contributed by atoms with Crippen LogP contribution in [0.3, 0.4) is 0 Å². The van der Waals surface area contributed by atoms with E-state index in [0.717, 1.165) is 32.7 Å². The van der Waals surface area contributed by atoms with E-state index in [-0.39, 0.29) is 0 Å². The molecule has 0 aliphatic heterocycles. The van der Waals surface area contributed by atoms with E-state index in [1.54, 1.807) is 0 Å². The molecule has 1 atom stereocenters. The highest BCUT2D eigenvalue weighted by atomic mass is 32.2. The molecule has 2 rings (SSSR count). The van der Waals surface area contributed by atoms with Gasteiger partial charge in [-0.2, -0.15) is 0 Å². The maximum Gasteiger partial charge on any atom is 0.0735 e. The molecule has 0 aliphatic carbocycles. The number of aromatic amines is 1. The van der Waals surface area contributed by atoms with E-state index in [1.165, 1.54) is 15.9 Å². The number of para-hydroxylation sites is 1. The minimum absolute atomic E-state index is 0.551. The number of H-pyrrole nitrogens is 1. The molecule has 2 N–H and O–H groups in total. The molecule has 2 aromatic rings. The van der Waals surface area contributed by atoms with Crippen LogP contribution in [0.5, 0.6) is 0 Å². The molecule has 0 aliphatic rings. The Hall–Kier alpha value is -0.970. The van der Waals surface area contributed by atoms with E-state index >= 15 is 0 Å². The van der Waals surface area contributed by atoms with Gasteiger partial charge in [-0.25, -0.2) is 0 Å². The fraction of sp³-hybridized carbons (Fsp3) is 0.500. The minimum Gasteiger partial charge on any atom is -0.382 e. The third-order valence-corrected chi connectivity index (χ3v) is 4.15. The van der Waals surface area contributed by atoms with Crippen molar-refractivity contribution in [3.63, 3.8) is 0 Å². The molecule has 20 heavy (non-hydrogen) atoms. The molecule has 110 valence electrons.